The summed E-state index contributed by atoms with van der Waals surface area (Å²) in [6.45, 7) is 1.52. The molecule has 0 atom stereocenters. The van der Waals surface area contributed by atoms with E-state index in [-0.39, 0.29) is 0 Å². The first-order valence-electron chi connectivity index (χ1n) is 4.83. The number of nitrogens with one attached hydrogen (secondary N) is 1. The van der Waals surface area contributed by atoms with Gasteiger partial charge < -0.3 is 10.1 Å². The van der Waals surface area contributed by atoms with Crippen LogP contribution in [0.25, 0.3) is 0 Å². The summed E-state index contributed by atoms with van der Waals surface area (Å²) >= 11 is 11.7. The van der Waals surface area contributed by atoms with E-state index in [9.17, 15) is 0 Å². The molecule has 5 heteroatoms. The van der Waals surface area contributed by atoms with Crippen LogP contribution in [0.4, 0.5) is 5.69 Å². The lowest BCUT2D eigenvalue weighted by molar-refractivity contribution is -0.0690. The van der Waals surface area contributed by atoms with Crippen molar-refractivity contribution in [3.63, 3.8) is 0 Å². The fourth-order valence-corrected chi connectivity index (χ4v) is 1.73. The Hall–Kier alpha value is -0.950. The largest absolute Gasteiger partial charge is 0.383 e. The molecule has 0 bridgehead atoms. The average molecular weight is 257 g/mol. The van der Waals surface area contributed by atoms with E-state index in [1.807, 2.05) is 6.07 Å². The summed E-state index contributed by atoms with van der Waals surface area (Å²) in [7, 11) is 0. The molecule has 1 aliphatic rings. The number of benzene rings is 1. The third kappa shape index (κ3) is 2.25. The van der Waals surface area contributed by atoms with Gasteiger partial charge in [0.15, 0.2) is 0 Å². The molecule has 0 aliphatic carbocycles. The van der Waals surface area contributed by atoms with E-state index in [0.717, 1.165) is 5.69 Å². The van der Waals surface area contributed by atoms with E-state index in [2.05, 4.69) is 11.4 Å². The zero-order valence-corrected chi connectivity index (χ0v) is 9.98. The normalized spacial score (nSPS) is 17.3. The molecular weight excluding hydrogens is 247 g/mol. The van der Waals surface area contributed by atoms with Gasteiger partial charge in [0.1, 0.15) is 5.41 Å². The van der Waals surface area contributed by atoms with E-state index in [4.69, 9.17) is 33.2 Å². The van der Waals surface area contributed by atoms with Gasteiger partial charge in [-0.2, -0.15) is 5.26 Å². The van der Waals surface area contributed by atoms with Crippen LogP contribution in [0.3, 0.4) is 0 Å². The van der Waals surface area contributed by atoms with Gasteiger partial charge in [-0.3, -0.25) is 0 Å². The molecule has 1 aromatic carbocycles. The Bertz CT molecular complexity index is 438. The Labute approximate surface area is 104 Å². The number of hydrogen-bond acceptors (Lipinski definition) is 3. The number of nitrogens with zero attached hydrogens (tertiary/aromatic N) is 1. The number of halogens is 2. The third-order valence-corrected chi connectivity index (χ3v) is 3.28. The second-order valence-corrected chi connectivity index (χ2v) is 4.68. The second kappa shape index (κ2) is 4.50. The van der Waals surface area contributed by atoms with Crippen molar-refractivity contribution >= 4 is 28.9 Å². The van der Waals surface area contributed by atoms with Gasteiger partial charge in [0, 0.05) is 12.2 Å². The molecule has 0 spiro atoms. The van der Waals surface area contributed by atoms with Crippen LogP contribution in [0.15, 0.2) is 18.2 Å². The monoisotopic (exact) mass is 256 g/mol. The van der Waals surface area contributed by atoms with E-state index in [0.29, 0.717) is 29.8 Å². The number of anilines is 1. The van der Waals surface area contributed by atoms with Crippen molar-refractivity contribution in [3.8, 4) is 6.07 Å². The standard InChI is InChI=1S/C11H10Cl2N2O/c12-9-2-1-8(3-10(9)13)15-5-11(4-14)6-16-7-11/h1-3,15H,5-7H2. The molecule has 1 aromatic rings. The molecule has 0 aromatic heterocycles. The van der Waals surface area contributed by atoms with E-state index in [1.165, 1.54) is 0 Å². The lowest BCUT2D eigenvalue weighted by Gasteiger charge is -2.35. The number of hydrogen-bond donors (Lipinski definition) is 1. The molecule has 84 valence electrons. The molecule has 16 heavy (non-hydrogen) atoms. The zero-order valence-electron chi connectivity index (χ0n) is 8.46. The SMILES string of the molecule is N#CC1(CNc2ccc(Cl)c(Cl)c2)COC1. The highest BCUT2D eigenvalue weighted by atomic mass is 35.5. The first kappa shape index (κ1) is 11.5. The summed E-state index contributed by atoms with van der Waals surface area (Å²) in [5.74, 6) is 0. The summed E-state index contributed by atoms with van der Waals surface area (Å²) in [6, 6.07) is 7.57. The maximum Gasteiger partial charge on any atom is 0.121 e. The quantitative estimate of drug-likeness (QED) is 0.905. The summed E-state index contributed by atoms with van der Waals surface area (Å²) in [6.07, 6.45) is 0. The van der Waals surface area contributed by atoms with Crippen LogP contribution in [0.1, 0.15) is 0 Å². The van der Waals surface area contributed by atoms with Crippen molar-refractivity contribution < 1.29 is 4.74 Å². The molecular formula is C11H10Cl2N2O. The van der Waals surface area contributed by atoms with Crippen molar-refractivity contribution in [2.45, 2.75) is 0 Å². The minimum atomic E-state index is -0.397. The fraction of sp³-hybridized carbons (Fsp3) is 0.364. The van der Waals surface area contributed by atoms with Gasteiger partial charge in [-0.15, -0.1) is 0 Å². The fourth-order valence-electron chi connectivity index (χ4n) is 1.43. The van der Waals surface area contributed by atoms with Crippen LogP contribution in [0, 0.1) is 16.7 Å². The summed E-state index contributed by atoms with van der Waals surface area (Å²) in [5.41, 5.74) is 0.461. The molecule has 0 unspecified atom stereocenters. The smallest absolute Gasteiger partial charge is 0.121 e. The Morgan fingerprint density at radius 1 is 1.38 bits per heavy atom. The summed E-state index contributed by atoms with van der Waals surface area (Å²) in [4.78, 5) is 0. The maximum atomic E-state index is 9.00. The van der Waals surface area contributed by atoms with Gasteiger partial charge in [0.2, 0.25) is 0 Å². The highest BCUT2D eigenvalue weighted by Gasteiger charge is 2.38. The predicted octanol–water partition coefficient (Wildman–Crippen LogP) is 2.95. The highest BCUT2D eigenvalue weighted by Crippen LogP contribution is 2.29. The number of nitriles is 1. The molecule has 1 fully saturated rings. The minimum absolute atomic E-state index is 0.397. The van der Waals surface area contributed by atoms with Gasteiger partial charge in [-0.05, 0) is 18.2 Å². The maximum absolute atomic E-state index is 9.00. The molecule has 1 aliphatic heterocycles. The predicted molar refractivity (Wildman–Crippen MR) is 63.8 cm³/mol. The van der Waals surface area contributed by atoms with Gasteiger partial charge in [0.25, 0.3) is 0 Å². The van der Waals surface area contributed by atoms with Crippen molar-refractivity contribution in [2.24, 2.45) is 5.41 Å². The Morgan fingerprint density at radius 3 is 2.62 bits per heavy atom. The van der Waals surface area contributed by atoms with E-state index in [1.54, 1.807) is 12.1 Å². The average Bonchev–Trinajstić information content (AvgIpc) is 2.22. The first-order chi connectivity index (χ1) is 7.65. The zero-order chi connectivity index (χ0) is 11.6. The summed E-state index contributed by atoms with van der Waals surface area (Å²) in [5, 5.41) is 13.2. The van der Waals surface area contributed by atoms with Gasteiger partial charge in [-0.25, -0.2) is 0 Å². The van der Waals surface area contributed by atoms with Crippen molar-refractivity contribution in [2.75, 3.05) is 25.1 Å². The van der Waals surface area contributed by atoms with Crippen molar-refractivity contribution in [1.82, 2.24) is 0 Å². The van der Waals surface area contributed by atoms with Crippen LogP contribution in [0.5, 0.6) is 0 Å². The lowest BCUT2D eigenvalue weighted by Crippen LogP contribution is -2.46. The molecule has 1 N–H and O–H groups in total. The third-order valence-electron chi connectivity index (χ3n) is 2.54. The molecule has 0 saturated carbocycles. The molecule has 0 radical (unpaired) electrons. The molecule has 3 nitrogen and oxygen atoms in total. The molecule has 1 heterocycles. The first-order valence-corrected chi connectivity index (χ1v) is 5.59. The van der Waals surface area contributed by atoms with Crippen LogP contribution >= 0.6 is 23.2 Å². The molecule has 1 saturated heterocycles. The van der Waals surface area contributed by atoms with E-state index < -0.39 is 5.41 Å². The number of ether oxygens (including phenoxy) is 1. The molecule has 0 amide bonds. The van der Waals surface area contributed by atoms with Crippen LogP contribution < -0.4 is 5.32 Å². The van der Waals surface area contributed by atoms with Crippen LogP contribution in [0.2, 0.25) is 10.0 Å². The Balaban J connectivity index is 2.00. The minimum Gasteiger partial charge on any atom is -0.383 e. The van der Waals surface area contributed by atoms with Crippen molar-refractivity contribution in [1.29, 1.82) is 5.26 Å². The Morgan fingerprint density at radius 2 is 2.12 bits per heavy atom. The molecule has 2 rings (SSSR count). The topological polar surface area (TPSA) is 45.0 Å². The Kier molecular flexibility index (Phi) is 3.25. The van der Waals surface area contributed by atoms with Gasteiger partial charge in [-0.1, -0.05) is 23.2 Å². The van der Waals surface area contributed by atoms with Crippen LogP contribution in [-0.2, 0) is 4.74 Å². The number of rotatable bonds is 3. The lowest BCUT2D eigenvalue weighted by atomic mass is 9.88. The summed E-state index contributed by atoms with van der Waals surface area (Å²) < 4.78 is 5.05. The van der Waals surface area contributed by atoms with Gasteiger partial charge >= 0.3 is 0 Å². The van der Waals surface area contributed by atoms with Crippen LogP contribution in [-0.4, -0.2) is 19.8 Å². The van der Waals surface area contributed by atoms with E-state index >= 15 is 0 Å². The second-order valence-electron chi connectivity index (χ2n) is 3.87. The van der Waals surface area contributed by atoms with Crippen molar-refractivity contribution in [3.05, 3.63) is 28.2 Å². The highest BCUT2D eigenvalue weighted by molar-refractivity contribution is 6.42. The van der Waals surface area contributed by atoms with Gasteiger partial charge in [0.05, 0.1) is 29.3 Å².